The lowest BCUT2D eigenvalue weighted by atomic mass is 10.2. The molecule has 0 atom stereocenters. The summed E-state index contributed by atoms with van der Waals surface area (Å²) in [6.45, 7) is 5.94. The van der Waals surface area contributed by atoms with Gasteiger partial charge in [-0.3, -0.25) is 0 Å². The van der Waals surface area contributed by atoms with E-state index in [4.69, 9.17) is 0 Å². The van der Waals surface area contributed by atoms with Gasteiger partial charge in [0.15, 0.2) is 11.6 Å². The molecule has 0 unspecified atom stereocenters. The Morgan fingerprint density at radius 3 is 2.62 bits per heavy atom. The van der Waals surface area contributed by atoms with Crippen LogP contribution in [0.4, 0.5) is 8.78 Å². The Bertz CT molecular complexity index is 359. The molecule has 0 heterocycles. The molecule has 88 valence electrons. The van der Waals surface area contributed by atoms with Crippen molar-refractivity contribution in [3.05, 3.63) is 41.5 Å². The molecule has 0 fully saturated rings. The Morgan fingerprint density at radius 1 is 1.25 bits per heavy atom. The van der Waals surface area contributed by atoms with E-state index in [-0.39, 0.29) is 0 Å². The van der Waals surface area contributed by atoms with Crippen LogP contribution in [0.25, 0.3) is 6.08 Å². The van der Waals surface area contributed by atoms with E-state index in [1.807, 2.05) is 6.08 Å². The Labute approximate surface area is 95.2 Å². The molecule has 16 heavy (non-hydrogen) atoms. The van der Waals surface area contributed by atoms with Crippen LogP contribution in [0.3, 0.4) is 0 Å². The van der Waals surface area contributed by atoms with Crippen LogP contribution in [0.15, 0.2) is 24.3 Å². The number of hydrogen-bond donors (Lipinski definition) is 1. The van der Waals surface area contributed by atoms with Crippen LogP contribution >= 0.6 is 0 Å². The molecule has 0 aliphatic rings. The van der Waals surface area contributed by atoms with E-state index in [2.05, 4.69) is 19.2 Å². The summed E-state index contributed by atoms with van der Waals surface area (Å²) in [5.41, 5.74) is 0.672. The number of halogens is 2. The maximum atomic E-state index is 12.8. The fourth-order valence-corrected chi connectivity index (χ4v) is 1.27. The summed E-state index contributed by atoms with van der Waals surface area (Å²) in [7, 11) is 0. The van der Waals surface area contributed by atoms with Crippen molar-refractivity contribution in [3.8, 4) is 0 Å². The molecule has 0 aromatic heterocycles. The molecule has 0 aliphatic carbocycles. The Hall–Kier alpha value is -1.22. The SMILES string of the molecule is CC(C)CNCC=Cc1ccc(F)c(F)c1. The average molecular weight is 225 g/mol. The third-order valence-electron chi connectivity index (χ3n) is 2.07. The number of nitrogens with one attached hydrogen (secondary N) is 1. The van der Waals surface area contributed by atoms with Crippen molar-refractivity contribution in [3.63, 3.8) is 0 Å². The highest BCUT2D eigenvalue weighted by Crippen LogP contribution is 2.09. The number of benzene rings is 1. The fourth-order valence-electron chi connectivity index (χ4n) is 1.27. The van der Waals surface area contributed by atoms with E-state index >= 15 is 0 Å². The van der Waals surface area contributed by atoms with Gasteiger partial charge in [0.2, 0.25) is 0 Å². The molecule has 0 aliphatic heterocycles. The number of hydrogen-bond acceptors (Lipinski definition) is 1. The van der Waals surface area contributed by atoms with Crippen molar-refractivity contribution in [2.45, 2.75) is 13.8 Å². The smallest absolute Gasteiger partial charge is 0.159 e. The van der Waals surface area contributed by atoms with Crippen molar-refractivity contribution in [2.75, 3.05) is 13.1 Å². The number of rotatable bonds is 5. The van der Waals surface area contributed by atoms with Gasteiger partial charge in [-0.2, -0.15) is 0 Å². The quantitative estimate of drug-likeness (QED) is 0.759. The minimum atomic E-state index is -0.810. The lowest BCUT2D eigenvalue weighted by Crippen LogP contribution is -2.19. The molecule has 0 saturated heterocycles. The van der Waals surface area contributed by atoms with Gasteiger partial charge in [0.1, 0.15) is 0 Å². The zero-order chi connectivity index (χ0) is 12.0. The Balaban J connectivity index is 2.41. The van der Waals surface area contributed by atoms with Crippen LogP contribution in [0.2, 0.25) is 0 Å². The molecule has 0 amide bonds. The van der Waals surface area contributed by atoms with Crippen LogP contribution in [0.1, 0.15) is 19.4 Å². The van der Waals surface area contributed by atoms with Gasteiger partial charge in [0.05, 0.1) is 0 Å². The molecule has 0 saturated carbocycles. The highest BCUT2D eigenvalue weighted by Gasteiger charge is 1.99. The molecule has 1 rings (SSSR count). The molecular formula is C13H17F2N. The summed E-state index contributed by atoms with van der Waals surface area (Å²) in [6.07, 6.45) is 3.67. The van der Waals surface area contributed by atoms with Crippen LogP contribution in [-0.4, -0.2) is 13.1 Å². The maximum Gasteiger partial charge on any atom is 0.159 e. The minimum Gasteiger partial charge on any atom is -0.313 e. The summed E-state index contributed by atoms with van der Waals surface area (Å²) < 4.78 is 25.5. The first-order valence-corrected chi connectivity index (χ1v) is 5.42. The van der Waals surface area contributed by atoms with Gasteiger partial charge in [-0.15, -0.1) is 0 Å². The molecular weight excluding hydrogens is 208 g/mol. The van der Waals surface area contributed by atoms with E-state index in [1.54, 1.807) is 12.1 Å². The third-order valence-corrected chi connectivity index (χ3v) is 2.07. The Morgan fingerprint density at radius 2 is 2.00 bits per heavy atom. The summed E-state index contributed by atoms with van der Waals surface area (Å²) in [5, 5.41) is 3.23. The molecule has 1 aromatic rings. The lowest BCUT2D eigenvalue weighted by molar-refractivity contribution is 0.508. The molecule has 3 heteroatoms. The monoisotopic (exact) mass is 225 g/mol. The van der Waals surface area contributed by atoms with Gasteiger partial charge >= 0.3 is 0 Å². The van der Waals surface area contributed by atoms with Crippen molar-refractivity contribution in [1.29, 1.82) is 0 Å². The molecule has 0 bridgehead atoms. The second kappa shape index (κ2) is 6.38. The molecule has 1 nitrogen and oxygen atoms in total. The summed E-state index contributed by atoms with van der Waals surface area (Å²) in [4.78, 5) is 0. The van der Waals surface area contributed by atoms with E-state index in [0.717, 1.165) is 19.2 Å². The van der Waals surface area contributed by atoms with Gasteiger partial charge in [0, 0.05) is 6.54 Å². The standard InChI is InChI=1S/C13H17F2N/c1-10(2)9-16-7-3-4-11-5-6-12(14)13(15)8-11/h3-6,8,10,16H,7,9H2,1-2H3. The van der Waals surface area contributed by atoms with Crippen LogP contribution in [0, 0.1) is 17.6 Å². The normalized spacial score (nSPS) is 11.6. The Kier molecular flexibility index (Phi) is 5.12. The maximum absolute atomic E-state index is 12.8. The first-order valence-electron chi connectivity index (χ1n) is 5.42. The first kappa shape index (κ1) is 12.8. The average Bonchev–Trinajstić information content (AvgIpc) is 2.22. The van der Waals surface area contributed by atoms with Gasteiger partial charge in [0.25, 0.3) is 0 Å². The third kappa shape index (κ3) is 4.53. The van der Waals surface area contributed by atoms with E-state index in [1.165, 1.54) is 6.07 Å². The predicted octanol–water partition coefficient (Wildman–Crippen LogP) is 3.22. The minimum absolute atomic E-state index is 0.608. The zero-order valence-electron chi connectivity index (χ0n) is 9.63. The van der Waals surface area contributed by atoms with Gasteiger partial charge in [-0.25, -0.2) is 8.78 Å². The predicted molar refractivity (Wildman–Crippen MR) is 63.1 cm³/mol. The van der Waals surface area contributed by atoms with Gasteiger partial charge in [-0.05, 0) is 30.2 Å². The van der Waals surface area contributed by atoms with Crippen molar-refractivity contribution in [2.24, 2.45) is 5.92 Å². The van der Waals surface area contributed by atoms with E-state index in [9.17, 15) is 8.78 Å². The lowest BCUT2D eigenvalue weighted by Gasteiger charge is -2.03. The van der Waals surface area contributed by atoms with Crippen molar-refractivity contribution in [1.82, 2.24) is 5.32 Å². The van der Waals surface area contributed by atoms with Crippen LogP contribution in [-0.2, 0) is 0 Å². The van der Waals surface area contributed by atoms with Gasteiger partial charge in [-0.1, -0.05) is 32.1 Å². The van der Waals surface area contributed by atoms with Crippen LogP contribution < -0.4 is 5.32 Å². The molecule has 1 aromatic carbocycles. The van der Waals surface area contributed by atoms with Crippen LogP contribution in [0.5, 0.6) is 0 Å². The highest BCUT2D eigenvalue weighted by molar-refractivity contribution is 5.49. The highest BCUT2D eigenvalue weighted by atomic mass is 19.2. The van der Waals surface area contributed by atoms with E-state index in [0.29, 0.717) is 11.5 Å². The van der Waals surface area contributed by atoms with Crippen molar-refractivity contribution < 1.29 is 8.78 Å². The molecule has 1 N–H and O–H groups in total. The topological polar surface area (TPSA) is 12.0 Å². The summed E-state index contributed by atoms with van der Waals surface area (Å²) >= 11 is 0. The zero-order valence-corrected chi connectivity index (χ0v) is 9.63. The largest absolute Gasteiger partial charge is 0.313 e. The van der Waals surface area contributed by atoms with Crippen molar-refractivity contribution >= 4 is 6.08 Å². The second-order valence-corrected chi connectivity index (χ2v) is 4.13. The summed E-state index contributed by atoms with van der Waals surface area (Å²) in [6, 6.07) is 3.88. The molecule has 0 spiro atoms. The van der Waals surface area contributed by atoms with Gasteiger partial charge < -0.3 is 5.32 Å². The second-order valence-electron chi connectivity index (χ2n) is 4.13. The molecule has 0 radical (unpaired) electrons. The summed E-state index contributed by atoms with van der Waals surface area (Å²) in [5.74, 6) is -1.01. The first-order chi connectivity index (χ1) is 7.59. The fraction of sp³-hybridized carbons (Fsp3) is 0.385. The van der Waals surface area contributed by atoms with E-state index < -0.39 is 11.6 Å².